The van der Waals surface area contributed by atoms with Crippen LogP contribution in [0.4, 0.5) is 5.69 Å². The van der Waals surface area contributed by atoms with E-state index in [1.165, 1.54) is 6.92 Å². The van der Waals surface area contributed by atoms with E-state index in [0.29, 0.717) is 29.8 Å². The number of hydrogen-bond acceptors (Lipinski definition) is 5. The van der Waals surface area contributed by atoms with Gasteiger partial charge in [-0.2, -0.15) is 0 Å². The fourth-order valence-corrected chi connectivity index (χ4v) is 4.14. The topological polar surface area (TPSA) is 72.9 Å². The van der Waals surface area contributed by atoms with Crippen molar-refractivity contribution in [3.05, 3.63) is 58.7 Å². The predicted octanol–water partition coefficient (Wildman–Crippen LogP) is 3.91. The Bertz CT molecular complexity index is 1040. The van der Waals surface area contributed by atoms with Crippen LogP contribution in [0.25, 0.3) is 0 Å². The summed E-state index contributed by atoms with van der Waals surface area (Å²) < 4.78 is 11.4. The van der Waals surface area contributed by atoms with Gasteiger partial charge in [0.05, 0.1) is 0 Å². The molecule has 0 radical (unpaired) electrons. The van der Waals surface area contributed by atoms with E-state index in [9.17, 15) is 14.4 Å². The summed E-state index contributed by atoms with van der Waals surface area (Å²) in [5.41, 5.74) is 3.57. The molecule has 0 aliphatic carbocycles. The van der Waals surface area contributed by atoms with Crippen LogP contribution < -0.4 is 9.64 Å². The van der Waals surface area contributed by atoms with Gasteiger partial charge in [-0.25, -0.2) is 4.79 Å². The molecule has 0 N–H and O–H groups in total. The molecule has 156 valence electrons. The molecule has 2 aromatic carbocycles. The minimum Gasteiger partial charge on any atom is -0.489 e. The van der Waals surface area contributed by atoms with E-state index in [1.807, 2.05) is 13.0 Å². The number of fused-ring (bicyclic) bond motifs is 2. The number of ketones is 1. The fourth-order valence-electron chi connectivity index (χ4n) is 4.14. The Morgan fingerprint density at radius 1 is 1.17 bits per heavy atom. The largest absolute Gasteiger partial charge is 0.489 e. The smallest absolute Gasteiger partial charge is 0.342 e. The van der Waals surface area contributed by atoms with Crippen LogP contribution in [-0.4, -0.2) is 36.4 Å². The van der Waals surface area contributed by atoms with Gasteiger partial charge in [-0.05, 0) is 50.1 Å². The summed E-state index contributed by atoms with van der Waals surface area (Å²) in [6, 6.07) is 10.7. The van der Waals surface area contributed by atoms with E-state index in [0.717, 1.165) is 16.8 Å². The highest BCUT2D eigenvalue weighted by Crippen LogP contribution is 2.40. The maximum absolute atomic E-state index is 12.9. The first kappa shape index (κ1) is 20.1. The summed E-state index contributed by atoms with van der Waals surface area (Å²) in [7, 11) is 0. The van der Waals surface area contributed by atoms with E-state index in [-0.39, 0.29) is 23.7 Å². The fraction of sp³-hybridized carbons (Fsp3) is 0.375. The van der Waals surface area contributed by atoms with E-state index in [2.05, 4.69) is 6.92 Å². The zero-order chi connectivity index (χ0) is 21.6. The molecule has 3 atom stereocenters. The highest BCUT2D eigenvalue weighted by molar-refractivity contribution is 6.03. The minimum absolute atomic E-state index is 0.0172. The van der Waals surface area contributed by atoms with Crippen molar-refractivity contribution in [2.75, 3.05) is 11.4 Å². The zero-order valence-corrected chi connectivity index (χ0v) is 17.6. The van der Waals surface area contributed by atoms with Crippen molar-refractivity contribution in [2.45, 2.75) is 52.2 Å². The van der Waals surface area contributed by atoms with Gasteiger partial charge < -0.3 is 14.4 Å². The summed E-state index contributed by atoms with van der Waals surface area (Å²) in [5.74, 6) is -0.131. The first-order valence-electron chi connectivity index (χ1n) is 10.2. The molecule has 3 unspecified atom stereocenters. The number of ether oxygens (including phenoxy) is 2. The van der Waals surface area contributed by atoms with Crippen LogP contribution in [0.15, 0.2) is 36.4 Å². The second-order valence-electron chi connectivity index (χ2n) is 8.01. The van der Waals surface area contributed by atoms with Crippen LogP contribution in [0.1, 0.15) is 65.5 Å². The van der Waals surface area contributed by atoms with E-state index >= 15 is 0 Å². The van der Waals surface area contributed by atoms with Crippen LogP contribution in [0.3, 0.4) is 0 Å². The van der Waals surface area contributed by atoms with Gasteiger partial charge in [0.25, 0.3) is 0 Å². The number of carbonyl (C=O) groups is 3. The first-order chi connectivity index (χ1) is 14.3. The third-order valence-corrected chi connectivity index (χ3v) is 6.06. The van der Waals surface area contributed by atoms with Gasteiger partial charge >= 0.3 is 5.97 Å². The number of Topliss-reactive ketones (excluding diaryl/α,β-unsaturated/α-hetero) is 1. The molecular formula is C24H25NO5. The molecular weight excluding hydrogens is 382 g/mol. The second kappa shape index (κ2) is 7.59. The lowest BCUT2D eigenvalue weighted by molar-refractivity contribution is -0.116. The van der Waals surface area contributed by atoms with Crippen molar-refractivity contribution < 1.29 is 23.9 Å². The van der Waals surface area contributed by atoms with Crippen molar-refractivity contribution >= 4 is 23.3 Å². The highest BCUT2D eigenvalue weighted by atomic mass is 16.5. The van der Waals surface area contributed by atoms with Crippen molar-refractivity contribution in [1.29, 1.82) is 0 Å². The first-order valence-corrected chi connectivity index (χ1v) is 10.2. The lowest BCUT2D eigenvalue weighted by Gasteiger charge is -2.16. The normalized spacial score (nSPS) is 20.2. The average Bonchev–Trinajstić information content (AvgIpc) is 3.27. The SMILES string of the molecule is CC(=O)N1CCc2cc(C(=O)C(C)OC(=O)c3cccc4c3OC(C)C4C)ccc21. The van der Waals surface area contributed by atoms with Gasteiger partial charge in [-0.3, -0.25) is 9.59 Å². The molecule has 0 aromatic heterocycles. The average molecular weight is 407 g/mol. The van der Waals surface area contributed by atoms with Gasteiger partial charge in [0.1, 0.15) is 17.4 Å². The summed E-state index contributed by atoms with van der Waals surface area (Å²) >= 11 is 0. The minimum atomic E-state index is -0.937. The lowest BCUT2D eigenvalue weighted by atomic mass is 9.97. The van der Waals surface area contributed by atoms with Crippen LogP contribution >= 0.6 is 0 Å². The van der Waals surface area contributed by atoms with Crippen LogP contribution in [0.5, 0.6) is 5.75 Å². The third-order valence-electron chi connectivity index (χ3n) is 6.06. The number of carbonyl (C=O) groups excluding carboxylic acids is 3. The number of nitrogens with zero attached hydrogens (tertiary/aromatic N) is 1. The Labute approximate surface area is 175 Å². The van der Waals surface area contributed by atoms with E-state index < -0.39 is 12.1 Å². The Balaban J connectivity index is 1.50. The van der Waals surface area contributed by atoms with E-state index in [1.54, 1.807) is 42.2 Å². The number of benzene rings is 2. The van der Waals surface area contributed by atoms with Crippen LogP contribution in [0.2, 0.25) is 0 Å². The zero-order valence-electron chi connectivity index (χ0n) is 17.6. The Hall–Kier alpha value is -3.15. The predicted molar refractivity (Wildman–Crippen MR) is 112 cm³/mol. The van der Waals surface area contributed by atoms with Gasteiger partial charge in [0.15, 0.2) is 6.10 Å². The monoisotopic (exact) mass is 407 g/mol. The molecule has 2 heterocycles. The summed E-state index contributed by atoms with van der Waals surface area (Å²) in [6.07, 6.45) is -0.254. The van der Waals surface area contributed by atoms with Gasteiger partial charge in [-0.1, -0.05) is 19.1 Å². The highest BCUT2D eigenvalue weighted by Gasteiger charge is 2.33. The van der Waals surface area contributed by atoms with Crippen molar-refractivity contribution in [2.24, 2.45) is 0 Å². The summed E-state index contributed by atoms with van der Waals surface area (Å²) in [5, 5.41) is 0. The van der Waals surface area contributed by atoms with Crippen molar-refractivity contribution in [1.82, 2.24) is 0 Å². The Kier molecular flexibility index (Phi) is 5.10. The lowest BCUT2D eigenvalue weighted by Crippen LogP contribution is -2.26. The van der Waals surface area contributed by atoms with Gasteiger partial charge in [0, 0.05) is 36.2 Å². The van der Waals surface area contributed by atoms with Gasteiger partial charge in [0.2, 0.25) is 11.7 Å². The number of anilines is 1. The molecule has 0 saturated heterocycles. The van der Waals surface area contributed by atoms with E-state index in [4.69, 9.17) is 9.47 Å². The van der Waals surface area contributed by atoms with Crippen molar-refractivity contribution in [3.63, 3.8) is 0 Å². The van der Waals surface area contributed by atoms with Crippen LogP contribution in [0, 0.1) is 0 Å². The third kappa shape index (κ3) is 3.36. The number of para-hydroxylation sites is 1. The van der Waals surface area contributed by atoms with Crippen LogP contribution in [-0.2, 0) is 16.0 Å². The molecule has 0 spiro atoms. The molecule has 6 nitrogen and oxygen atoms in total. The molecule has 30 heavy (non-hydrogen) atoms. The molecule has 6 heteroatoms. The maximum Gasteiger partial charge on any atom is 0.342 e. The number of amides is 1. The molecule has 2 aliphatic heterocycles. The number of hydrogen-bond donors (Lipinski definition) is 0. The van der Waals surface area contributed by atoms with Crippen molar-refractivity contribution in [3.8, 4) is 5.75 Å². The molecule has 2 aromatic rings. The standard InChI is InChI=1S/C24H25NO5/c1-13-14(2)29-23-19(13)6-5-7-20(23)24(28)30-15(3)22(27)18-8-9-21-17(12-18)10-11-25(21)16(4)26/h5-9,12-15H,10-11H2,1-4H3. The summed E-state index contributed by atoms with van der Waals surface area (Å²) in [6.45, 7) is 7.74. The molecule has 0 bridgehead atoms. The van der Waals surface area contributed by atoms with Gasteiger partial charge in [-0.15, -0.1) is 0 Å². The molecule has 1 amide bonds. The quantitative estimate of drug-likeness (QED) is 0.568. The molecule has 0 saturated carbocycles. The molecule has 4 rings (SSSR count). The second-order valence-corrected chi connectivity index (χ2v) is 8.01. The maximum atomic E-state index is 12.9. The summed E-state index contributed by atoms with van der Waals surface area (Å²) in [4.78, 5) is 39.0. The Morgan fingerprint density at radius 3 is 2.67 bits per heavy atom. The number of esters is 1. The molecule has 0 fully saturated rings. The molecule has 2 aliphatic rings. The Morgan fingerprint density at radius 2 is 1.93 bits per heavy atom. The number of rotatable bonds is 4.